The summed E-state index contributed by atoms with van der Waals surface area (Å²) in [6.45, 7) is 9.56. The first-order valence-corrected chi connectivity index (χ1v) is 9.17. The fourth-order valence-corrected chi connectivity index (χ4v) is 2.34. The van der Waals surface area contributed by atoms with Crippen LogP contribution in [0, 0.1) is 0 Å². The van der Waals surface area contributed by atoms with Gasteiger partial charge in [0.2, 0.25) is 0 Å². The van der Waals surface area contributed by atoms with Crippen molar-refractivity contribution >= 4 is 0 Å². The molecule has 0 spiro atoms. The number of hydrogen-bond acceptors (Lipinski definition) is 3. The molecule has 0 bridgehead atoms. The molecule has 0 atom stereocenters. The molecule has 0 saturated carbocycles. The van der Waals surface area contributed by atoms with E-state index in [2.05, 4.69) is 37.8 Å². The molecule has 0 aliphatic carbocycles. The van der Waals surface area contributed by atoms with Gasteiger partial charge in [0.25, 0.3) is 0 Å². The Balaban J connectivity index is 0.000000841. The van der Waals surface area contributed by atoms with Gasteiger partial charge in [0.15, 0.2) is 0 Å². The van der Waals surface area contributed by atoms with E-state index in [1.54, 1.807) is 7.11 Å². The van der Waals surface area contributed by atoms with Gasteiger partial charge in [0.1, 0.15) is 5.75 Å². The van der Waals surface area contributed by atoms with Gasteiger partial charge in [-0.15, -0.1) is 0 Å². The van der Waals surface area contributed by atoms with Gasteiger partial charge in [-0.05, 0) is 30.7 Å². The van der Waals surface area contributed by atoms with Gasteiger partial charge >= 0.3 is 0 Å². The zero-order valence-corrected chi connectivity index (χ0v) is 15.7. The summed E-state index contributed by atoms with van der Waals surface area (Å²) >= 11 is 0. The molecular weight excluding hydrogens is 286 g/mol. The summed E-state index contributed by atoms with van der Waals surface area (Å²) in [5.41, 5.74) is 1.26. The van der Waals surface area contributed by atoms with E-state index in [1.165, 1.54) is 44.1 Å². The Hall–Kier alpha value is -1.06. The van der Waals surface area contributed by atoms with Gasteiger partial charge < -0.3 is 9.84 Å². The summed E-state index contributed by atoms with van der Waals surface area (Å²) in [5.74, 6) is 0.887. The van der Waals surface area contributed by atoms with Crippen LogP contribution in [-0.4, -0.2) is 36.8 Å². The first kappa shape index (κ1) is 21.9. The lowest BCUT2D eigenvalue weighted by molar-refractivity contribution is 0.187. The molecule has 1 aromatic rings. The van der Waals surface area contributed by atoms with E-state index in [1.807, 2.05) is 12.1 Å². The highest BCUT2D eigenvalue weighted by molar-refractivity contribution is 5.27. The van der Waals surface area contributed by atoms with Crippen LogP contribution in [0.2, 0.25) is 0 Å². The number of ether oxygens (including phenoxy) is 1. The second-order valence-electron chi connectivity index (χ2n) is 5.91. The first-order valence-electron chi connectivity index (χ1n) is 9.17. The zero-order valence-electron chi connectivity index (χ0n) is 15.7. The van der Waals surface area contributed by atoms with E-state index in [9.17, 15) is 0 Å². The number of benzene rings is 1. The predicted octanol–water partition coefficient (Wildman–Crippen LogP) is 4.88. The Morgan fingerprint density at radius 2 is 1.48 bits per heavy atom. The van der Waals surface area contributed by atoms with Gasteiger partial charge in [-0.2, -0.15) is 0 Å². The highest BCUT2D eigenvalue weighted by Gasteiger charge is 2.05. The lowest BCUT2D eigenvalue weighted by atomic mass is 10.2. The fraction of sp³-hybridized carbons (Fsp3) is 0.700. The highest BCUT2D eigenvalue weighted by atomic mass is 16.5. The van der Waals surface area contributed by atoms with Gasteiger partial charge in [0.05, 0.1) is 13.7 Å². The summed E-state index contributed by atoms with van der Waals surface area (Å²) in [4.78, 5) is 2.30. The Labute approximate surface area is 143 Å². The Morgan fingerprint density at radius 3 is 1.91 bits per heavy atom. The molecule has 3 heteroatoms. The topological polar surface area (TPSA) is 32.7 Å². The summed E-state index contributed by atoms with van der Waals surface area (Å²) in [6.07, 6.45) is 7.76. The molecule has 0 amide bonds. The van der Waals surface area contributed by atoms with Crippen LogP contribution in [0.3, 0.4) is 0 Å². The van der Waals surface area contributed by atoms with Crippen LogP contribution in [0.1, 0.15) is 64.9 Å². The number of aliphatic hydroxyl groups is 1. The number of nitrogens with zero attached hydrogens (tertiary/aromatic N) is 1. The van der Waals surface area contributed by atoms with Crippen molar-refractivity contribution in [2.24, 2.45) is 0 Å². The van der Waals surface area contributed by atoms with Gasteiger partial charge in [0, 0.05) is 13.1 Å². The molecule has 134 valence electrons. The maximum Gasteiger partial charge on any atom is 0.118 e. The maximum absolute atomic E-state index is 9.09. The third kappa shape index (κ3) is 12.1. The fourth-order valence-electron chi connectivity index (χ4n) is 2.34. The first-order chi connectivity index (χ1) is 11.2. The molecule has 0 radical (unpaired) electrons. The minimum atomic E-state index is 0.224. The SMILES string of the molecule is CCCCC.CCCCCN(CCO)Cc1ccc(OC)cc1. The summed E-state index contributed by atoms with van der Waals surface area (Å²) in [7, 11) is 1.68. The van der Waals surface area contributed by atoms with Crippen molar-refractivity contribution in [2.45, 2.75) is 65.8 Å². The van der Waals surface area contributed by atoms with Crippen molar-refractivity contribution in [2.75, 3.05) is 26.8 Å². The summed E-state index contributed by atoms with van der Waals surface area (Å²) in [6, 6.07) is 8.14. The third-order valence-corrected chi connectivity index (χ3v) is 3.77. The average Bonchev–Trinajstić information content (AvgIpc) is 2.57. The smallest absolute Gasteiger partial charge is 0.118 e. The minimum Gasteiger partial charge on any atom is -0.497 e. The Morgan fingerprint density at radius 1 is 0.870 bits per heavy atom. The largest absolute Gasteiger partial charge is 0.497 e. The number of methoxy groups -OCH3 is 1. The van der Waals surface area contributed by atoms with Gasteiger partial charge in [-0.1, -0.05) is 65.0 Å². The Bertz CT molecular complexity index is 349. The molecule has 0 aliphatic rings. The lowest BCUT2D eigenvalue weighted by Crippen LogP contribution is -2.27. The molecular formula is C20H37NO2. The van der Waals surface area contributed by atoms with Crippen LogP contribution in [-0.2, 0) is 6.54 Å². The molecule has 0 unspecified atom stereocenters. The summed E-state index contributed by atoms with van der Waals surface area (Å²) in [5, 5.41) is 9.09. The van der Waals surface area contributed by atoms with Crippen molar-refractivity contribution in [1.82, 2.24) is 4.90 Å². The number of unbranched alkanes of at least 4 members (excludes halogenated alkanes) is 4. The molecule has 0 aromatic heterocycles. The molecule has 0 heterocycles. The van der Waals surface area contributed by atoms with Crippen LogP contribution in [0.4, 0.5) is 0 Å². The molecule has 0 fully saturated rings. The van der Waals surface area contributed by atoms with Crippen molar-refractivity contribution in [3.05, 3.63) is 29.8 Å². The Kier molecular flexibility index (Phi) is 15.1. The van der Waals surface area contributed by atoms with Crippen molar-refractivity contribution in [3.63, 3.8) is 0 Å². The highest BCUT2D eigenvalue weighted by Crippen LogP contribution is 2.13. The second kappa shape index (κ2) is 15.8. The van der Waals surface area contributed by atoms with E-state index >= 15 is 0 Å². The molecule has 0 aliphatic heterocycles. The van der Waals surface area contributed by atoms with Gasteiger partial charge in [-0.25, -0.2) is 0 Å². The average molecular weight is 324 g/mol. The van der Waals surface area contributed by atoms with E-state index in [4.69, 9.17) is 9.84 Å². The third-order valence-electron chi connectivity index (χ3n) is 3.77. The number of hydrogen-bond donors (Lipinski definition) is 1. The monoisotopic (exact) mass is 323 g/mol. The minimum absolute atomic E-state index is 0.224. The van der Waals surface area contributed by atoms with Crippen LogP contribution in [0.5, 0.6) is 5.75 Å². The van der Waals surface area contributed by atoms with E-state index in [0.29, 0.717) is 0 Å². The van der Waals surface area contributed by atoms with Crippen molar-refractivity contribution in [1.29, 1.82) is 0 Å². The molecule has 1 N–H and O–H groups in total. The molecule has 23 heavy (non-hydrogen) atoms. The van der Waals surface area contributed by atoms with E-state index in [-0.39, 0.29) is 6.61 Å². The van der Waals surface area contributed by atoms with Crippen LogP contribution in [0.25, 0.3) is 0 Å². The van der Waals surface area contributed by atoms with Gasteiger partial charge in [-0.3, -0.25) is 4.90 Å². The van der Waals surface area contributed by atoms with Crippen LogP contribution < -0.4 is 4.74 Å². The second-order valence-corrected chi connectivity index (χ2v) is 5.91. The van der Waals surface area contributed by atoms with Crippen molar-refractivity contribution < 1.29 is 9.84 Å². The number of aliphatic hydroxyl groups excluding tert-OH is 1. The number of rotatable bonds is 11. The zero-order chi connectivity index (χ0) is 17.3. The maximum atomic E-state index is 9.09. The van der Waals surface area contributed by atoms with Crippen molar-refractivity contribution in [3.8, 4) is 5.75 Å². The molecule has 1 rings (SSSR count). The van der Waals surface area contributed by atoms with E-state index in [0.717, 1.165) is 25.4 Å². The normalized spacial score (nSPS) is 10.3. The van der Waals surface area contributed by atoms with Crippen LogP contribution >= 0.6 is 0 Å². The quantitative estimate of drug-likeness (QED) is 0.589. The predicted molar refractivity (Wildman–Crippen MR) is 100 cm³/mol. The molecule has 3 nitrogen and oxygen atoms in total. The molecule has 1 aromatic carbocycles. The standard InChI is InChI=1S/C15H25NO2.C5H12/c1-3-4-5-10-16(11-12-17)13-14-6-8-15(18-2)9-7-14;1-3-5-4-2/h6-9,17H,3-5,10-13H2,1-2H3;3-5H2,1-2H3. The summed E-state index contributed by atoms with van der Waals surface area (Å²) < 4.78 is 5.15. The van der Waals surface area contributed by atoms with E-state index < -0.39 is 0 Å². The lowest BCUT2D eigenvalue weighted by Gasteiger charge is -2.21. The molecule has 0 saturated heterocycles. The van der Waals surface area contributed by atoms with Crippen LogP contribution in [0.15, 0.2) is 24.3 Å².